The zero-order valence-corrected chi connectivity index (χ0v) is 35.9. The van der Waals surface area contributed by atoms with Crippen LogP contribution in [-0.2, 0) is 19.1 Å². The number of carbonyl (C=O) groups excluding carboxylic acids is 2. The highest BCUT2D eigenvalue weighted by molar-refractivity contribution is 5.69. The number of aliphatic hydroxyl groups is 1. The smallest absolute Gasteiger partial charge is 0.305 e. The highest BCUT2D eigenvalue weighted by Gasteiger charge is 2.41. The van der Waals surface area contributed by atoms with E-state index in [-0.39, 0.29) is 18.5 Å². The van der Waals surface area contributed by atoms with Crippen LogP contribution in [0, 0.1) is 11.3 Å². The molecule has 0 bridgehead atoms. The van der Waals surface area contributed by atoms with Crippen molar-refractivity contribution in [2.75, 3.05) is 39.5 Å². The molecule has 1 aliphatic carbocycles. The zero-order chi connectivity index (χ0) is 38.5. The van der Waals surface area contributed by atoms with Gasteiger partial charge in [0.15, 0.2) is 0 Å². The maximum absolute atomic E-state index is 12.6. The van der Waals surface area contributed by atoms with Crippen LogP contribution in [0.3, 0.4) is 0 Å². The van der Waals surface area contributed by atoms with Gasteiger partial charge >= 0.3 is 11.9 Å². The molecule has 0 aromatic rings. The van der Waals surface area contributed by atoms with E-state index in [1.807, 2.05) is 0 Å². The minimum absolute atomic E-state index is 0.00230. The average Bonchev–Trinajstić information content (AvgIpc) is 3.93. The lowest BCUT2D eigenvalue weighted by atomic mass is 9.93. The molecule has 0 spiro atoms. The maximum Gasteiger partial charge on any atom is 0.305 e. The predicted octanol–water partition coefficient (Wildman–Crippen LogP) is 13.3. The first-order chi connectivity index (χ1) is 26.0. The van der Waals surface area contributed by atoms with E-state index in [0.717, 1.165) is 64.6 Å². The summed E-state index contributed by atoms with van der Waals surface area (Å²) in [7, 11) is 0. The van der Waals surface area contributed by atoms with Gasteiger partial charge in [-0.1, -0.05) is 143 Å². The number of nitrogens with zero attached hydrogens (tertiary/aromatic N) is 1. The summed E-state index contributed by atoms with van der Waals surface area (Å²) in [5.74, 6) is 0.545. The number of hydrogen-bond donors (Lipinski definition) is 1. The zero-order valence-electron chi connectivity index (χ0n) is 35.9. The molecule has 0 aliphatic heterocycles. The normalized spacial score (nSPS) is 13.6. The fourth-order valence-corrected chi connectivity index (χ4v) is 7.99. The SMILES string of the molecule is CCCCCCCCCOC(=O)CCCC1(CCCN(CCCCO)CCCCCCCC(=O)OCC(CCCCCCC)CCCCCCC)CC1. The Morgan fingerprint density at radius 2 is 0.981 bits per heavy atom. The molecule has 0 unspecified atom stereocenters. The molecule has 1 fully saturated rings. The maximum atomic E-state index is 12.6. The van der Waals surface area contributed by atoms with Gasteiger partial charge in [0, 0.05) is 19.4 Å². The Labute approximate surface area is 330 Å². The van der Waals surface area contributed by atoms with Crippen molar-refractivity contribution in [2.24, 2.45) is 11.3 Å². The minimum Gasteiger partial charge on any atom is -0.466 e. The third kappa shape index (κ3) is 31.7. The third-order valence-corrected chi connectivity index (χ3v) is 11.9. The van der Waals surface area contributed by atoms with Crippen molar-refractivity contribution in [3.8, 4) is 0 Å². The lowest BCUT2D eigenvalue weighted by molar-refractivity contribution is -0.145. The van der Waals surface area contributed by atoms with E-state index in [0.29, 0.717) is 37.4 Å². The highest BCUT2D eigenvalue weighted by Crippen LogP contribution is 2.53. The van der Waals surface area contributed by atoms with Crippen LogP contribution in [0.4, 0.5) is 0 Å². The second-order valence-corrected chi connectivity index (χ2v) is 17.0. The molecule has 0 atom stereocenters. The van der Waals surface area contributed by atoms with Gasteiger partial charge in [-0.3, -0.25) is 9.59 Å². The quantitative estimate of drug-likeness (QED) is 0.0495. The van der Waals surface area contributed by atoms with E-state index in [9.17, 15) is 14.7 Å². The number of hydrogen-bond acceptors (Lipinski definition) is 6. The van der Waals surface area contributed by atoms with Gasteiger partial charge in [0.25, 0.3) is 0 Å². The molecule has 1 rings (SSSR count). The standard InChI is InChI=1S/C47H91NO5/c1-4-7-10-13-14-20-27-42-52-45(50)33-28-34-47(36-37-47)35-29-40-48(39-25-26-41-49)38-24-19-15-18-23-32-46(51)53-43-44(30-21-16-11-8-5-2)31-22-17-12-9-6-3/h44,49H,4-43H2,1-3H3. The van der Waals surface area contributed by atoms with Gasteiger partial charge in [-0.25, -0.2) is 0 Å². The minimum atomic E-state index is -0.00230. The fourth-order valence-electron chi connectivity index (χ4n) is 7.99. The summed E-state index contributed by atoms with van der Waals surface area (Å²) in [5.41, 5.74) is 0.472. The van der Waals surface area contributed by atoms with Crippen LogP contribution < -0.4 is 0 Å². The first-order valence-corrected chi connectivity index (χ1v) is 23.6. The van der Waals surface area contributed by atoms with E-state index in [2.05, 4.69) is 25.7 Å². The number of ether oxygens (including phenoxy) is 2. The summed E-state index contributed by atoms with van der Waals surface area (Å²) in [6.07, 6.45) is 40.2. The van der Waals surface area contributed by atoms with Crippen molar-refractivity contribution in [3.05, 3.63) is 0 Å². The van der Waals surface area contributed by atoms with Crippen molar-refractivity contribution in [2.45, 2.75) is 239 Å². The first-order valence-electron chi connectivity index (χ1n) is 23.6. The van der Waals surface area contributed by atoms with Crippen LogP contribution in [0.2, 0.25) is 0 Å². The van der Waals surface area contributed by atoms with E-state index in [4.69, 9.17) is 9.47 Å². The van der Waals surface area contributed by atoms with Crippen molar-refractivity contribution in [3.63, 3.8) is 0 Å². The molecule has 6 heteroatoms. The molecule has 1 N–H and O–H groups in total. The van der Waals surface area contributed by atoms with E-state index in [1.165, 1.54) is 161 Å². The molecule has 0 heterocycles. The van der Waals surface area contributed by atoms with E-state index < -0.39 is 0 Å². The molecule has 1 saturated carbocycles. The Morgan fingerprint density at radius 3 is 1.57 bits per heavy atom. The summed E-state index contributed by atoms with van der Waals surface area (Å²) >= 11 is 0. The van der Waals surface area contributed by atoms with Crippen molar-refractivity contribution >= 4 is 11.9 Å². The number of carbonyl (C=O) groups is 2. The van der Waals surface area contributed by atoms with Crippen LogP contribution in [-0.4, -0.2) is 61.4 Å². The Balaban J connectivity index is 2.20. The topological polar surface area (TPSA) is 76.1 Å². The summed E-state index contributed by atoms with van der Waals surface area (Å²) in [6, 6.07) is 0. The van der Waals surface area contributed by atoms with E-state index in [1.54, 1.807) is 0 Å². The fraction of sp³-hybridized carbons (Fsp3) is 0.957. The monoisotopic (exact) mass is 750 g/mol. The van der Waals surface area contributed by atoms with Crippen molar-refractivity contribution < 1.29 is 24.2 Å². The first kappa shape index (κ1) is 49.9. The van der Waals surface area contributed by atoms with Crippen LogP contribution in [0.1, 0.15) is 239 Å². The molecule has 314 valence electrons. The van der Waals surface area contributed by atoms with Crippen LogP contribution >= 0.6 is 0 Å². The van der Waals surface area contributed by atoms with Crippen molar-refractivity contribution in [1.29, 1.82) is 0 Å². The van der Waals surface area contributed by atoms with Gasteiger partial charge in [-0.15, -0.1) is 0 Å². The van der Waals surface area contributed by atoms with Gasteiger partial charge in [-0.05, 0) is 114 Å². The van der Waals surface area contributed by atoms with Crippen LogP contribution in [0.5, 0.6) is 0 Å². The number of unbranched alkanes of at least 4 members (excludes halogenated alkanes) is 19. The molecule has 0 amide bonds. The Morgan fingerprint density at radius 1 is 0.528 bits per heavy atom. The molecule has 0 radical (unpaired) electrons. The molecular formula is C47H91NO5. The summed E-state index contributed by atoms with van der Waals surface area (Å²) < 4.78 is 11.3. The van der Waals surface area contributed by atoms with Gasteiger partial charge in [0.2, 0.25) is 0 Å². The van der Waals surface area contributed by atoms with Crippen LogP contribution in [0.15, 0.2) is 0 Å². The molecular weight excluding hydrogens is 659 g/mol. The number of rotatable bonds is 42. The molecule has 0 saturated heterocycles. The second kappa shape index (κ2) is 36.5. The molecule has 0 aromatic carbocycles. The highest BCUT2D eigenvalue weighted by atomic mass is 16.5. The predicted molar refractivity (Wildman–Crippen MR) is 225 cm³/mol. The van der Waals surface area contributed by atoms with Crippen LogP contribution in [0.25, 0.3) is 0 Å². The lowest BCUT2D eigenvalue weighted by Crippen LogP contribution is -2.28. The average molecular weight is 750 g/mol. The summed E-state index contributed by atoms with van der Waals surface area (Å²) in [4.78, 5) is 27.4. The number of aliphatic hydroxyl groups excluding tert-OH is 1. The second-order valence-electron chi connectivity index (χ2n) is 17.0. The van der Waals surface area contributed by atoms with Gasteiger partial charge < -0.3 is 19.5 Å². The Kier molecular flexibility index (Phi) is 34.3. The van der Waals surface area contributed by atoms with Crippen molar-refractivity contribution in [1.82, 2.24) is 4.90 Å². The summed E-state index contributed by atoms with van der Waals surface area (Å²) in [5, 5.41) is 9.33. The molecule has 53 heavy (non-hydrogen) atoms. The van der Waals surface area contributed by atoms with Gasteiger partial charge in [-0.2, -0.15) is 0 Å². The Bertz CT molecular complexity index is 801. The number of esters is 2. The molecule has 1 aliphatic rings. The van der Waals surface area contributed by atoms with E-state index >= 15 is 0 Å². The molecule has 6 nitrogen and oxygen atoms in total. The molecule has 0 aromatic heterocycles. The Hall–Kier alpha value is -1.14. The van der Waals surface area contributed by atoms with Gasteiger partial charge in [0.05, 0.1) is 13.2 Å². The third-order valence-electron chi connectivity index (χ3n) is 11.9. The largest absolute Gasteiger partial charge is 0.466 e. The summed E-state index contributed by atoms with van der Waals surface area (Å²) in [6.45, 7) is 11.6. The van der Waals surface area contributed by atoms with Gasteiger partial charge in [0.1, 0.15) is 0 Å². The lowest BCUT2D eigenvalue weighted by Gasteiger charge is -2.24.